The highest BCUT2D eigenvalue weighted by molar-refractivity contribution is 5.95. The highest BCUT2D eigenvalue weighted by atomic mass is 16.5. The number of nitriles is 1. The number of esters is 1. The first-order valence-corrected chi connectivity index (χ1v) is 4.81. The van der Waals surface area contributed by atoms with Crippen LogP contribution in [-0.2, 0) is 11.3 Å². The number of methoxy groups -OCH3 is 1. The quantitative estimate of drug-likeness (QED) is 0.718. The highest BCUT2D eigenvalue weighted by Crippen LogP contribution is 2.20. The fourth-order valence-electron chi connectivity index (χ4n) is 1.73. The van der Waals surface area contributed by atoms with E-state index in [2.05, 4.69) is 4.74 Å². The van der Waals surface area contributed by atoms with Crippen molar-refractivity contribution in [3.8, 4) is 6.07 Å². The average molecular weight is 214 g/mol. The van der Waals surface area contributed by atoms with E-state index in [9.17, 15) is 4.79 Å². The Bertz CT molecular complexity index is 578. The van der Waals surface area contributed by atoms with Crippen LogP contribution in [-0.4, -0.2) is 17.6 Å². The molecule has 0 unspecified atom stereocenters. The lowest BCUT2D eigenvalue weighted by atomic mass is 10.2. The number of aromatic nitrogens is 1. The third-order valence-corrected chi connectivity index (χ3v) is 2.43. The minimum atomic E-state index is -0.425. The van der Waals surface area contributed by atoms with E-state index in [-0.39, 0.29) is 6.54 Å². The number of benzene rings is 1. The van der Waals surface area contributed by atoms with E-state index in [0.717, 1.165) is 10.9 Å². The number of ether oxygens (including phenoxy) is 1. The zero-order valence-electron chi connectivity index (χ0n) is 8.80. The Kier molecular flexibility index (Phi) is 2.61. The fourth-order valence-corrected chi connectivity index (χ4v) is 1.73. The normalized spacial score (nSPS) is 10.0. The van der Waals surface area contributed by atoms with Crippen molar-refractivity contribution in [2.24, 2.45) is 0 Å². The summed E-state index contributed by atoms with van der Waals surface area (Å²) in [6, 6.07) is 11.3. The maximum absolute atomic E-state index is 11.5. The van der Waals surface area contributed by atoms with Gasteiger partial charge in [-0.15, -0.1) is 0 Å². The Morgan fingerprint density at radius 1 is 1.50 bits per heavy atom. The monoisotopic (exact) mass is 214 g/mol. The van der Waals surface area contributed by atoms with Crippen LogP contribution in [0.25, 0.3) is 10.9 Å². The van der Waals surface area contributed by atoms with Crippen molar-refractivity contribution in [2.75, 3.05) is 7.11 Å². The third-order valence-electron chi connectivity index (χ3n) is 2.43. The van der Waals surface area contributed by atoms with Crippen LogP contribution >= 0.6 is 0 Å². The lowest BCUT2D eigenvalue weighted by Crippen LogP contribution is -2.09. The molecule has 1 aromatic carbocycles. The van der Waals surface area contributed by atoms with Crippen LogP contribution in [0.15, 0.2) is 30.3 Å². The number of nitrogens with zero attached hydrogens (tertiary/aromatic N) is 2. The van der Waals surface area contributed by atoms with Gasteiger partial charge in [0.15, 0.2) is 0 Å². The van der Waals surface area contributed by atoms with E-state index < -0.39 is 5.97 Å². The van der Waals surface area contributed by atoms with Crippen molar-refractivity contribution in [1.82, 2.24) is 4.57 Å². The van der Waals surface area contributed by atoms with Crippen molar-refractivity contribution in [1.29, 1.82) is 5.26 Å². The topological polar surface area (TPSA) is 55.0 Å². The maximum atomic E-state index is 11.5. The number of hydrogen-bond donors (Lipinski definition) is 0. The molecule has 0 aliphatic carbocycles. The predicted molar refractivity (Wildman–Crippen MR) is 58.9 cm³/mol. The van der Waals surface area contributed by atoms with Crippen LogP contribution in [0.5, 0.6) is 0 Å². The molecule has 1 heterocycles. The van der Waals surface area contributed by atoms with Gasteiger partial charge in [0.1, 0.15) is 12.2 Å². The fraction of sp³-hybridized carbons (Fsp3) is 0.167. The largest absolute Gasteiger partial charge is 0.464 e. The second kappa shape index (κ2) is 4.07. The van der Waals surface area contributed by atoms with Crippen molar-refractivity contribution >= 4 is 16.9 Å². The molecule has 16 heavy (non-hydrogen) atoms. The van der Waals surface area contributed by atoms with Crippen molar-refractivity contribution in [3.05, 3.63) is 36.0 Å². The summed E-state index contributed by atoms with van der Waals surface area (Å²) in [5.41, 5.74) is 1.27. The van der Waals surface area contributed by atoms with Crippen LogP contribution in [0.3, 0.4) is 0 Å². The predicted octanol–water partition coefficient (Wildman–Crippen LogP) is 1.95. The number of carbonyl (C=O) groups is 1. The lowest BCUT2D eigenvalue weighted by molar-refractivity contribution is 0.0590. The Morgan fingerprint density at radius 3 is 2.94 bits per heavy atom. The van der Waals surface area contributed by atoms with Crippen LogP contribution in [0.4, 0.5) is 0 Å². The molecule has 0 spiro atoms. The second-order valence-electron chi connectivity index (χ2n) is 3.32. The summed E-state index contributed by atoms with van der Waals surface area (Å²) >= 11 is 0. The molecule has 0 bridgehead atoms. The molecule has 0 amide bonds. The molecule has 0 aliphatic heterocycles. The minimum absolute atomic E-state index is 0.137. The second-order valence-corrected chi connectivity index (χ2v) is 3.32. The van der Waals surface area contributed by atoms with Gasteiger partial charge in [-0.3, -0.25) is 0 Å². The van der Waals surface area contributed by atoms with Gasteiger partial charge < -0.3 is 9.30 Å². The zero-order valence-corrected chi connectivity index (χ0v) is 8.80. The van der Waals surface area contributed by atoms with Gasteiger partial charge in [0, 0.05) is 10.9 Å². The molecule has 0 N–H and O–H groups in total. The Hall–Kier alpha value is -2.28. The summed E-state index contributed by atoms with van der Waals surface area (Å²) in [6.07, 6.45) is 0. The Morgan fingerprint density at radius 2 is 2.25 bits per heavy atom. The van der Waals surface area contributed by atoms with Gasteiger partial charge in [-0.2, -0.15) is 5.26 Å². The van der Waals surface area contributed by atoms with E-state index in [0.29, 0.717) is 5.69 Å². The molecular weight excluding hydrogens is 204 g/mol. The molecule has 2 rings (SSSR count). The first-order valence-electron chi connectivity index (χ1n) is 4.81. The first kappa shape index (κ1) is 10.2. The molecule has 2 aromatic rings. The molecule has 80 valence electrons. The van der Waals surface area contributed by atoms with Gasteiger partial charge >= 0.3 is 5.97 Å². The van der Waals surface area contributed by atoms with Gasteiger partial charge in [-0.25, -0.2) is 4.79 Å². The molecule has 0 aliphatic rings. The Labute approximate surface area is 92.7 Å². The molecule has 4 heteroatoms. The summed E-state index contributed by atoms with van der Waals surface area (Å²) in [5, 5.41) is 9.68. The van der Waals surface area contributed by atoms with E-state index in [1.165, 1.54) is 7.11 Å². The van der Waals surface area contributed by atoms with Gasteiger partial charge in [0.2, 0.25) is 0 Å². The van der Waals surface area contributed by atoms with E-state index in [4.69, 9.17) is 5.26 Å². The molecule has 0 saturated carbocycles. The Balaban J connectivity index is 2.68. The number of fused-ring (bicyclic) bond motifs is 1. The molecule has 1 aromatic heterocycles. The van der Waals surface area contributed by atoms with Crippen LogP contribution < -0.4 is 0 Å². The molecule has 0 fully saturated rings. The summed E-state index contributed by atoms with van der Waals surface area (Å²) in [4.78, 5) is 11.5. The van der Waals surface area contributed by atoms with Crippen LogP contribution in [0.2, 0.25) is 0 Å². The summed E-state index contributed by atoms with van der Waals surface area (Å²) in [5.74, 6) is -0.425. The summed E-state index contributed by atoms with van der Waals surface area (Å²) in [7, 11) is 1.33. The number of para-hydroxylation sites is 1. The number of carbonyl (C=O) groups excluding carboxylic acids is 1. The zero-order chi connectivity index (χ0) is 11.5. The van der Waals surface area contributed by atoms with Gasteiger partial charge in [-0.05, 0) is 12.1 Å². The average Bonchev–Trinajstić information content (AvgIpc) is 2.68. The van der Waals surface area contributed by atoms with Gasteiger partial charge in [0.25, 0.3) is 0 Å². The lowest BCUT2D eigenvalue weighted by Gasteiger charge is -2.03. The standard InChI is InChI=1S/C12H10N2O2/c1-16-12(15)11-8-9-4-2-3-5-10(9)14(11)7-6-13/h2-5,8H,7H2,1H3. The van der Waals surface area contributed by atoms with E-state index in [1.54, 1.807) is 10.6 Å². The third kappa shape index (κ3) is 1.52. The first-order chi connectivity index (χ1) is 7.77. The number of hydrogen-bond acceptors (Lipinski definition) is 3. The molecule has 0 saturated heterocycles. The highest BCUT2D eigenvalue weighted by Gasteiger charge is 2.14. The van der Waals surface area contributed by atoms with Crippen molar-refractivity contribution in [3.63, 3.8) is 0 Å². The molecular formula is C12H10N2O2. The smallest absolute Gasteiger partial charge is 0.354 e. The molecule has 4 nitrogen and oxygen atoms in total. The minimum Gasteiger partial charge on any atom is -0.464 e. The van der Waals surface area contributed by atoms with Gasteiger partial charge in [-0.1, -0.05) is 18.2 Å². The van der Waals surface area contributed by atoms with Crippen molar-refractivity contribution < 1.29 is 9.53 Å². The van der Waals surface area contributed by atoms with E-state index >= 15 is 0 Å². The van der Waals surface area contributed by atoms with Crippen LogP contribution in [0.1, 0.15) is 10.5 Å². The molecule has 0 atom stereocenters. The van der Waals surface area contributed by atoms with Gasteiger partial charge in [0.05, 0.1) is 13.2 Å². The molecule has 0 radical (unpaired) electrons. The number of rotatable bonds is 2. The summed E-state index contributed by atoms with van der Waals surface area (Å²) < 4.78 is 6.34. The van der Waals surface area contributed by atoms with Crippen molar-refractivity contribution in [2.45, 2.75) is 6.54 Å². The SMILES string of the molecule is COC(=O)c1cc2ccccc2n1CC#N. The van der Waals surface area contributed by atoms with E-state index in [1.807, 2.05) is 30.3 Å². The summed E-state index contributed by atoms with van der Waals surface area (Å²) in [6.45, 7) is 0.137. The van der Waals surface area contributed by atoms with Crippen LogP contribution in [0, 0.1) is 11.3 Å². The maximum Gasteiger partial charge on any atom is 0.354 e.